The van der Waals surface area contributed by atoms with Crippen molar-refractivity contribution in [2.24, 2.45) is 0 Å². The number of nitrogens with one attached hydrogen (secondary N) is 10. The third kappa shape index (κ3) is 20.9. The van der Waals surface area contributed by atoms with Gasteiger partial charge in [0.15, 0.2) is 0 Å². The molecule has 0 spiro atoms. The highest BCUT2D eigenvalue weighted by atomic mass is 79.9. The highest BCUT2D eigenvalue weighted by molar-refractivity contribution is 9.11. The van der Waals surface area contributed by atoms with Gasteiger partial charge in [-0.05, 0) is 202 Å². The van der Waals surface area contributed by atoms with Crippen molar-refractivity contribution in [3.05, 3.63) is 186 Å². The number of fused-ring (bicyclic) bond motifs is 3. The van der Waals surface area contributed by atoms with Gasteiger partial charge in [-0.1, -0.05) is 47.8 Å². The number of hydrogen-bond donors (Lipinski definition) is 11. The summed E-state index contributed by atoms with van der Waals surface area (Å²) in [4.78, 5) is 106. The average Bonchev–Trinajstić information content (AvgIpc) is 0.788. The van der Waals surface area contributed by atoms with Gasteiger partial charge in [-0.3, -0.25) is 33.6 Å². The summed E-state index contributed by atoms with van der Waals surface area (Å²) in [6.07, 6.45) is 16.3. The van der Waals surface area contributed by atoms with Gasteiger partial charge in [0.2, 0.25) is 17.7 Å². The Labute approximate surface area is 620 Å². The first-order chi connectivity index (χ1) is 48.7. The number of amides is 3. The Balaban J connectivity index is 0.000000168. The van der Waals surface area contributed by atoms with Crippen molar-refractivity contribution in [3.63, 3.8) is 0 Å². The van der Waals surface area contributed by atoms with E-state index in [1.54, 1.807) is 26.2 Å². The average molecular weight is 1580 g/mol. The predicted octanol–water partition coefficient (Wildman–Crippen LogP) is 14.1. The van der Waals surface area contributed by atoms with Crippen LogP contribution in [0.4, 0.5) is 34.5 Å². The molecule has 12 rings (SSSR count). The zero-order valence-electron chi connectivity index (χ0n) is 59.7. The molecule has 102 heavy (non-hydrogen) atoms. The number of Topliss-reactive ketones (excluding diaryl/α,β-unsaturated/α-hetero) is 1. The number of anilines is 6. The van der Waals surface area contributed by atoms with E-state index >= 15 is 0 Å². The molecule has 3 fully saturated rings. The van der Waals surface area contributed by atoms with Gasteiger partial charge < -0.3 is 62.8 Å². The van der Waals surface area contributed by atoms with Gasteiger partial charge in [-0.2, -0.15) is 0 Å². The molecule has 0 saturated heterocycles. The molecular weight excluding hydrogens is 1490 g/mol. The Morgan fingerprint density at radius 1 is 0.471 bits per heavy atom. The number of rotatable bonds is 17. The molecule has 6 aromatic heterocycles. The van der Waals surface area contributed by atoms with Crippen LogP contribution in [0.5, 0.6) is 0 Å². The Morgan fingerprint density at radius 3 is 1.25 bits per heavy atom. The lowest BCUT2D eigenvalue weighted by molar-refractivity contribution is -0.123. The van der Waals surface area contributed by atoms with Crippen molar-refractivity contribution in [3.8, 4) is 0 Å². The van der Waals surface area contributed by atoms with Gasteiger partial charge in [0.05, 0.1) is 0 Å². The van der Waals surface area contributed by atoms with Gasteiger partial charge in [0.25, 0.3) is 16.7 Å². The molecule has 0 atom stereocenters. The Bertz CT molecular complexity index is 4710. The van der Waals surface area contributed by atoms with E-state index in [2.05, 4.69) is 157 Å². The van der Waals surface area contributed by atoms with Crippen LogP contribution in [0.1, 0.15) is 155 Å². The predicted molar refractivity (Wildman–Crippen MR) is 422 cm³/mol. The SMILES string of the molecule is CC(=O)NC1CCC(=O)CC1.CC(=O)NC1CCC(Nc2cc(Br)cc3c(NCc4c(C)cc(C)[nH]c4=O)nccc23)CC1.CCN(c1cc(Br)cc2c(NCc3c(C)cc(C)[nH]c3=O)nccc12)C1CCC(NC(C)=O)CC1.Cc1cc(C)c(CNc2nccc3c(N)cc(Br)cc23)c(=O)[nH]1. The fourth-order valence-electron chi connectivity index (χ4n) is 14.1. The molecule has 0 aliphatic heterocycles. The molecule has 3 amide bonds. The molecule has 22 nitrogen and oxygen atoms in total. The second kappa shape index (κ2) is 35.8. The number of hydrogen-bond acceptors (Lipinski definition) is 16. The summed E-state index contributed by atoms with van der Waals surface area (Å²) in [6.45, 7) is 20.5. The van der Waals surface area contributed by atoms with E-state index in [9.17, 15) is 33.6 Å². The van der Waals surface area contributed by atoms with Crippen molar-refractivity contribution in [2.75, 3.05) is 38.4 Å². The number of aromatic nitrogens is 6. The fourth-order valence-corrected chi connectivity index (χ4v) is 15.4. The van der Waals surface area contributed by atoms with Crippen LogP contribution < -0.4 is 64.5 Å². The molecule has 3 aromatic carbocycles. The minimum atomic E-state index is -0.0732. The number of nitrogens with zero attached hydrogens (tertiary/aromatic N) is 4. The largest absolute Gasteiger partial charge is 0.398 e. The van der Waals surface area contributed by atoms with Crippen molar-refractivity contribution >= 4 is 138 Å². The van der Waals surface area contributed by atoms with Crippen molar-refractivity contribution < 1.29 is 19.2 Å². The number of aromatic amines is 3. The number of carbonyl (C=O) groups excluding carboxylic acids is 4. The topological polar surface area (TPSA) is 319 Å². The van der Waals surface area contributed by atoms with E-state index in [1.165, 1.54) is 12.6 Å². The molecule has 6 heterocycles. The summed E-state index contributed by atoms with van der Waals surface area (Å²) in [5.41, 5.74) is 16.4. The molecule has 9 aromatic rings. The molecule has 25 heteroatoms. The van der Waals surface area contributed by atoms with E-state index in [0.717, 1.165) is 173 Å². The van der Waals surface area contributed by atoms with Crippen LogP contribution in [0, 0.1) is 41.5 Å². The fraction of sp³-hybridized carbons (Fsp3) is 0.403. The summed E-state index contributed by atoms with van der Waals surface area (Å²) < 4.78 is 2.85. The molecule has 3 saturated carbocycles. The van der Waals surface area contributed by atoms with E-state index < -0.39 is 0 Å². The first kappa shape index (κ1) is 77.2. The van der Waals surface area contributed by atoms with E-state index in [-0.39, 0.29) is 52.5 Å². The minimum absolute atomic E-state index is 0.00403. The van der Waals surface area contributed by atoms with Crippen molar-refractivity contribution in [2.45, 2.75) is 196 Å². The number of nitrogens with two attached hydrogens (primary N) is 1. The van der Waals surface area contributed by atoms with E-state index in [1.807, 2.05) is 90.2 Å². The Hall–Kier alpha value is -8.94. The lowest BCUT2D eigenvalue weighted by atomic mass is 9.89. The highest BCUT2D eigenvalue weighted by Gasteiger charge is 2.28. The number of H-pyrrole nitrogens is 3. The van der Waals surface area contributed by atoms with Crippen LogP contribution in [-0.2, 0) is 38.8 Å². The van der Waals surface area contributed by atoms with Crippen LogP contribution >= 0.6 is 47.8 Å². The molecular formula is C77H94Br3N15O7. The van der Waals surface area contributed by atoms with Crippen LogP contribution in [-0.4, -0.2) is 90.2 Å². The first-order valence-corrected chi connectivity index (χ1v) is 37.2. The molecule has 0 bridgehead atoms. The van der Waals surface area contributed by atoms with Gasteiger partial charge in [-0.15, -0.1) is 0 Å². The maximum atomic E-state index is 12.5. The third-order valence-corrected chi connectivity index (χ3v) is 20.3. The van der Waals surface area contributed by atoms with Crippen LogP contribution in [0.25, 0.3) is 32.3 Å². The van der Waals surface area contributed by atoms with Gasteiger partial charge in [0, 0.05) is 205 Å². The molecule has 540 valence electrons. The molecule has 12 N–H and O–H groups in total. The third-order valence-electron chi connectivity index (χ3n) is 19.0. The van der Waals surface area contributed by atoms with Gasteiger partial charge in [-0.25, -0.2) is 15.0 Å². The first-order valence-electron chi connectivity index (χ1n) is 34.9. The number of aryl methyl sites for hydroxylation is 6. The maximum Gasteiger partial charge on any atom is 0.253 e. The lowest BCUT2D eigenvalue weighted by Gasteiger charge is -2.38. The summed E-state index contributed by atoms with van der Waals surface area (Å²) in [7, 11) is 0. The Kier molecular flexibility index (Phi) is 27.1. The van der Waals surface area contributed by atoms with Crippen LogP contribution in [0.2, 0.25) is 0 Å². The Morgan fingerprint density at radius 2 is 0.833 bits per heavy atom. The summed E-state index contributed by atoms with van der Waals surface area (Å²) >= 11 is 10.8. The summed E-state index contributed by atoms with van der Waals surface area (Å²) in [5, 5.41) is 28.7. The lowest BCUT2D eigenvalue weighted by Crippen LogP contribution is -2.43. The monoisotopic (exact) mass is 1580 g/mol. The van der Waals surface area contributed by atoms with Crippen LogP contribution in [0.15, 0.2) is 119 Å². The zero-order chi connectivity index (χ0) is 73.5. The normalized spacial score (nSPS) is 16.6. The van der Waals surface area contributed by atoms with Gasteiger partial charge in [0.1, 0.15) is 23.2 Å². The molecule has 0 radical (unpaired) electrons. The zero-order valence-corrected chi connectivity index (χ0v) is 64.5. The number of ketones is 1. The van der Waals surface area contributed by atoms with E-state index in [0.29, 0.717) is 73.0 Å². The number of nitrogen functional groups attached to an aromatic ring is 1. The smallest absolute Gasteiger partial charge is 0.253 e. The molecule has 3 aliphatic carbocycles. The van der Waals surface area contributed by atoms with Crippen LogP contribution in [0.3, 0.4) is 0 Å². The van der Waals surface area contributed by atoms with E-state index in [4.69, 9.17) is 5.73 Å². The number of benzene rings is 3. The number of pyridine rings is 6. The second-order valence-electron chi connectivity index (χ2n) is 26.9. The van der Waals surface area contributed by atoms with Gasteiger partial charge >= 0.3 is 0 Å². The minimum Gasteiger partial charge on any atom is -0.398 e. The molecule has 3 aliphatic rings. The maximum absolute atomic E-state index is 12.5. The standard InChI is InChI=1S/C27H34BrN5O2.C25H30BrN5O2.C17H17BrN4O.C8H13NO2/c1-5-33(21-8-6-20(7-9-21)32-18(4)34)25-14-19(28)13-23-22(25)10-11-29-26(23)30-15-24-16(2)12-17(3)31-27(24)35;1-14-10-15(2)29-25(33)22(14)13-28-24-21-11-17(26)12-23(20(21)8-9-27-24)31-19-6-4-18(5-7-19)30-16(3)32;1-9-5-10(2)22-17(23)14(9)8-21-16-13-6-11(18)7-15(19)12(13)3-4-20-16;1-6(10)9-7-2-4-8(11)5-3-7/h10-14,20-21H,5-9,15H2,1-4H3,(H,29,30)(H,31,35)(H,32,34);8-12,18-19,31H,4-7,13H2,1-3H3,(H,27,28)(H,29,33)(H,30,32);3-7H,8,19H2,1-2H3,(H,20,21)(H,22,23);7H,2-5H2,1H3,(H,9,10). The highest BCUT2D eigenvalue weighted by Crippen LogP contribution is 2.39. The second-order valence-corrected chi connectivity index (χ2v) is 29.7. The quantitative estimate of drug-likeness (QED) is 0.0377. The van der Waals surface area contributed by atoms with Crippen molar-refractivity contribution in [1.82, 2.24) is 45.9 Å². The molecule has 0 unspecified atom stereocenters. The summed E-state index contributed by atoms with van der Waals surface area (Å²) in [6, 6.07) is 25.7. The number of halogens is 3. The number of carbonyl (C=O) groups is 4. The van der Waals surface area contributed by atoms with Crippen molar-refractivity contribution in [1.29, 1.82) is 0 Å². The summed E-state index contributed by atoms with van der Waals surface area (Å²) in [5.74, 6) is 2.63.